The van der Waals surface area contributed by atoms with Crippen LogP contribution in [-0.2, 0) is 26.3 Å². The molecule has 5 rings (SSSR count). The summed E-state index contributed by atoms with van der Waals surface area (Å²) in [4.78, 5) is 10.6. The monoisotopic (exact) mass is 428 g/mol. The first-order valence-corrected chi connectivity index (χ1v) is 9.78. The Kier molecular flexibility index (Phi) is 4.53. The Labute approximate surface area is 175 Å². The number of anilines is 1. The summed E-state index contributed by atoms with van der Waals surface area (Å²) in [7, 11) is 1.56. The van der Waals surface area contributed by atoms with Crippen molar-refractivity contribution in [2.45, 2.75) is 25.7 Å². The molecule has 0 spiro atoms. The number of fused-ring (bicyclic) bond motifs is 1. The number of imidazole rings is 1. The van der Waals surface area contributed by atoms with Crippen LogP contribution in [0.25, 0.3) is 22.9 Å². The molecule has 8 nitrogen and oxygen atoms in total. The Morgan fingerprint density at radius 1 is 1.06 bits per heavy atom. The Hall–Kier alpha value is -3.63. The van der Waals surface area contributed by atoms with Crippen LogP contribution in [0.2, 0.25) is 0 Å². The Balaban J connectivity index is 1.36. The number of aromatic amines is 1. The lowest BCUT2D eigenvalue weighted by molar-refractivity contribution is -0.140. The van der Waals surface area contributed by atoms with Crippen LogP contribution in [0.3, 0.4) is 0 Å². The molecule has 0 bridgehead atoms. The van der Waals surface area contributed by atoms with Gasteiger partial charge in [0.25, 0.3) is 0 Å². The molecular weight excluding hydrogens is 409 g/mol. The highest BCUT2D eigenvalue weighted by Crippen LogP contribution is 2.31. The molecule has 0 radical (unpaired) electrons. The van der Waals surface area contributed by atoms with Crippen molar-refractivity contribution in [3.63, 3.8) is 0 Å². The second-order valence-corrected chi connectivity index (χ2v) is 7.46. The number of aromatic nitrogens is 7. The molecule has 4 heterocycles. The Morgan fingerprint density at radius 2 is 1.87 bits per heavy atom. The van der Waals surface area contributed by atoms with Crippen molar-refractivity contribution in [3.05, 3.63) is 54.0 Å². The van der Waals surface area contributed by atoms with Gasteiger partial charge < -0.3 is 9.47 Å². The van der Waals surface area contributed by atoms with Crippen molar-refractivity contribution in [1.82, 2.24) is 34.5 Å². The Morgan fingerprint density at radius 3 is 2.55 bits per heavy atom. The molecule has 0 aliphatic carbocycles. The zero-order valence-corrected chi connectivity index (χ0v) is 16.6. The predicted molar refractivity (Wildman–Crippen MR) is 107 cm³/mol. The molecule has 11 heteroatoms. The topological polar surface area (TPSA) is 80.5 Å². The summed E-state index contributed by atoms with van der Waals surface area (Å²) in [5.41, 5.74) is 1.52. The van der Waals surface area contributed by atoms with Crippen molar-refractivity contribution in [2.24, 2.45) is 7.05 Å². The summed E-state index contributed by atoms with van der Waals surface area (Å²) >= 11 is 0. The molecule has 4 aromatic rings. The van der Waals surface area contributed by atoms with Crippen LogP contribution in [0.5, 0.6) is 0 Å². The van der Waals surface area contributed by atoms with Crippen molar-refractivity contribution in [3.8, 4) is 22.9 Å². The third-order valence-electron chi connectivity index (χ3n) is 5.23. The molecule has 1 aliphatic rings. The quantitative estimate of drug-likeness (QED) is 0.538. The lowest BCUT2D eigenvalue weighted by Gasteiger charge is -2.27. The zero-order valence-electron chi connectivity index (χ0n) is 16.6. The summed E-state index contributed by atoms with van der Waals surface area (Å²) in [6.45, 7) is 2.26. The van der Waals surface area contributed by atoms with E-state index in [4.69, 9.17) is 0 Å². The highest BCUT2D eigenvalue weighted by atomic mass is 19.4. The molecule has 31 heavy (non-hydrogen) atoms. The van der Waals surface area contributed by atoms with Gasteiger partial charge in [0.05, 0.1) is 0 Å². The van der Waals surface area contributed by atoms with Crippen LogP contribution in [0, 0.1) is 0 Å². The van der Waals surface area contributed by atoms with Crippen LogP contribution in [-0.4, -0.2) is 41.1 Å². The molecule has 0 unspecified atom stereocenters. The standard InChI is InChI=1S/C20H19F3N8/c1-29-12-16(20(21,22)23)25-18(29)14-5-3-13(4-6-14)11-30-9-2-10-31-19(30)26-17(28-31)15-7-8-24-27-15/h3-8,12H,2,9-11H2,1H3,(H,24,27). The fourth-order valence-corrected chi connectivity index (χ4v) is 3.72. The molecule has 0 saturated heterocycles. The highest BCUT2D eigenvalue weighted by Gasteiger charge is 2.34. The normalized spacial score (nSPS) is 14.1. The maximum Gasteiger partial charge on any atom is 0.434 e. The van der Waals surface area contributed by atoms with Crippen molar-refractivity contribution < 1.29 is 13.2 Å². The maximum atomic E-state index is 12.9. The van der Waals surface area contributed by atoms with Gasteiger partial charge in [0, 0.05) is 44.6 Å². The van der Waals surface area contributed by atoms with Crippen LogP contribution in [0.4, 0.5) is 19.1 Å². The SMILES string of the molecule is Cn1cc(C(F)(F)F)nc1-c1ccc(CN2CCCn3nc(-c4ccn[nH]4)nc32)cc1. The largest absolute Gasteiger partial charge is 0.434 e. The van der Waals surface area contributed by atoms with Crippen molar-refractivity contribution in [1.29, 1.82) is 0 Å². The lowest BCUT2D eigenvalue weighted by atomic mass is 10.1. The van der Waals surface area contributed by atoms with Crippen molar-refractivity contribution >= 4 is 5.95 Å². The van der Waals surface area contributed by atoms with Crippen LogP contribution >= 0.6 is 0 Å². The highest BCUT2D eigenvalue weighted by molar-refractivity contribution is 5.57. The first-order chi connectivity index (χ1) is 14.9. The minimum atomic E-state index is -4.46. The van der Waals surface area contributed by atoms with Gasteiger partial charge in [0.1, 0.15) is 11.5 Å². The van der Waals surface area contributed by atoms with E-state index in [1.54, 1.807) is 25.4 Å². The summed E-state index contributed by atoms with van der Waals surface area (Å²) in [5, 5.41) is 11.4. The zero-order chi connectivity index (χ0) is 21.6. The van der Waals surface area contributed by atoms with E-state index in [1.165, 1.54) is 4.57 Å². The second-order valence-electron chi connectivity index (χ2n) is 7.46. The molecule has 1 N–H and O–H groups in total. The van der Waals surface area contributed by atoms with E-state index < -0.39 is 11.9 Å². The minimum absolute atomic E-state index is 0.279. The number of H-pyrrole nitrogens is 1. The van der Waals surface area contributed by atoms with Gasteiger partial charge in [-0.2, -0.15) is 23.3 Å². The molecule has 0 saturated carbocycles. The summed E-state index contributed by atoms with van der Waals surface area (Å²) in [6, 6.07) is 9.22. The van der Waals surface area contributed by atoms with Gasteiger partial charge >= 0.3 is 6.18 Å². The average Bonchev–Trinajstić information content (AvgIpc) is 3.47. The number of nitrogens with one attached hydrogen (secondary N) is 1. The van der Waals surface area contributed by atoms with Gasteiger partial charge in [-0.3, -0.25) is 5.10 Å². The summed E-state index contributed by atoms with van der Waals surface area (Å²) < 4.78 is 42.1. The molecular formula is C20H19F3N8. The molecule has 160 valence electrons. The minimum Gasteiger partial charge on any atom is -0.337 e. The van der Waals surface area contributed by atoms with E-state index in [0.717, 1.165) is 42.9 Å². The number of nitrogens with zero attached hydrogens (tertiary/aromatic N) is 7. The fraction of sp³-hybridized carbons (Fsp3) is 0.300. The molecule has 0 amide bonds. The van der Waals surface area contributed by atoms with Gasteiger partial charge in [-0.15, -0.1) is 5.10 Å². The smallest absolute Gasteiger partial charge is 0.337 e. The van der Waals surface area contributed by atoms with E-state index in [1.807, 2.05) is 22.9 Å². The van der Waals surface area contributed by atoms with Gasteiger partial charge in [-0.1, -0.05) is 24.3 Å². The lowest BCUT2D eigenvalue weighted by Crippen LogP contribution is -2.32. The van der Waals surface area contributed by atoms with Gasteiger partial charge in [0.15, 0.2) is 5.69 Å². The van der Waals surface area contributed by atoms with Crippen LogP contribution in [0.15, 0.2) is 42.7 Å². The molecule has 0 atom stereocenters. The number of aryl methyl sites for hydroxylation is 2. The third-order valence-corrected chi connectivity index (χ3v) is 5.23. The van der Waals surface area contributed by atoms with Crippen LogP contribution in [0.1, 0.15) is 17.7 Å². The Bertz CT molecular complexity index is 1190. The van der Waals surface area contributed by atoms with Crippen molar-refractivity contribution in [2.75, 3.05) is 11.4 Å². The number of hydrogen-bond donors (Lipinski definition) is 1. The van der Waals surface area contributed by atoms with Crippen LogP contribution < -0.4 is 4.90 Å². The predicted octanol–water partition coefficient (Wildman–Crippen LogP) is 3.50. The molecule has 1 aliphatic heterocycles. The summed E-state index contributed by atoms with van der Waals surface area (Å²) in [6.07, 6.45) is -0.853. The van der Waals surface area contributed by atoms with E-state index in [9.17, 15) is 13.2 Å². The molecule has 1 aromatic carbocycles. The van der Waals surface area contributed by atoms with E-state index in [-0.39, 0.29) is 5.82 Å². The van der Waals surface area contributed by atoms with Gasteiger partial charge in [-0.05, 0) is 18.1 Å². The number of alkyl halides is 3. The van der Waals surface area contributed by atoms with E-state index in [0.29, 0.717) is 17.9 Å². The van der Waals surface area contributed by atoms with Gasteiger partial charge in [0.2, 0.25) is 11.8 Å². The summed E-state index contributed by atoms with van der Waals surface area (Å²) in [5.74, 6) is 1.67. The first-order valence-electron chi connectivity index (χ1n) is 9.78. The average molecular weight is 428 g/mol. The number of rotatable bonds is 4. The number of halogens is 3. The first kappa shape index (κ1) is 19.3. The number of benzene rings is 1. The fourth-order valence-electron chi connectivity index (χ4n) is 3.72. The maximum absolute atomic E-state index is 12.9. The van der Waals surface area contributed by atoms with E-state index in [2.05, 4.69) is 30.2 Å². The van der Waals surface area contributed by atoms with E-state index >= 15 is 0 Å². The number of hydrogen-bond acceptors (Lipinski definition) is 5. The van der Waals surface area contributed by atoms with Gasteiger partial charge in [-0.25, -0.2) is 9.67 Å². The molecule has 3 aromatic heterocycles. The third kappa shape index (κ3) is 3.66. The molecule has 0 fully saturated rings. The second kappa shape index (κ2) is 7.25.